The first-order chi connectivity index (χ1) is 13.0. The lowest BCUT2D eigenvalue weighted by molar-refractivity contribution is 0.174. The Morgan fingerprint density at radius 3 is 2.78 bits per heavy atom. The summed E-state index contributed by atoms with van der Waals surface area (Å²) in [7, 11) is 0. The van der Waals surface area contributed by atoms with Crippen LogP contribution in [0.3, 0.4) is 0 Å². The van der Waals surface area contributed by atoms with E-state index < -0.39 is 0 Å². The lowest BCUT2D eigenvalue weighted by Crippen LogP contribution is -2.21. The van der Waals surface area contributed by atoms with Crippen LogP contribution in [0.25, 0.3) is 10.7 Å². The zero-order chi connectivity index (χ0) is 18.8. The van der Waals surface area contributed by atoms with E-state index in [0.717, 1.165) is 48.1 Å². The van der Waals surface area contributed by atoms with E-state index in [1.54, 1.807) is 17.5 Å². The molecule has 3 aromatic rings. The molecule has 1 atom stereocenters. The first-order valence-electron chi connectivity index (χ1n) is 9.09. The van der Waals surface area contributed by atoms with Gasteiger partial charge in [0.2, 0.25) is 5.95 Å². The lowest BCUT2D eigenvalue weighted by Gasteiger charge is -2.12. The van der Waals surface area contributed by atoms with E-state index in [4.69, 9.17) is 4.98 Å². The van der Waals surface area contributed by atoms with E-state index in [9.17, 15) is 5.11 Å². The summed E-state index contributed by atoms with van der Waals surface area (Å²) in [6.45, 7) is 6.57. The predicted octanol–water partition coefficient (Wildman–Crippen LogP) is 3.53. The maximum Gasteiger partial charge on any atom is 0.227 e. The largest absolute Gasteiger partial charge is 0.392 e. The van der Waals surface area contributed by atoms with Gasteiger partial charge < -0.3 is 10.4 Å². The second kappa shape index (κ2) is 7.72. The van der Waals surface area contributed by atoms with Crippen molar-refractivity contribution >= 4 is 23.0 Å². The minimum atomic E-state index is -0.205. The highest BCUT2D eigenvalue weighted by molar-refractivity contribution is 7.13. The summed E-state index contributed by atoms with van der Waals surface area (Å²) < 4.78 is 0. The van der Waals surface area contributed by atoms with E-state index in [1.165, 1.54) is 11.1 Å². The van der Waals surface area contributed by atoms with Crippen LogP contribution in [0.5, 0.6) is 0 Å². The third kappa shape index (κ3) is 4.50. The predicted molar refractivity (Wildman–Crippen MR) is 108 cm³/mol. The monoisotopic (exact) mass is 381 g/mol. The summed E-state index contributed by atoms with van der Waals surface area (Å²) >= 11 is 1.59. The van der Waals surface area contributed by atoms with Gasteiger partial charge in [-0.1, -0.05) is 6.07 Å². The van der Waals surface area contributed by atoms with Crippen LogP contribution in [0.4, 0.5) is 11.6 Å². The van der Waals surface area contributed by atoms with Gasteiger partial charge in [-0.2, -0.15) is 0 Å². The molecule has 6 nitrogen and oxygen atoms in total. The summed E-state index contributed by atoms with van der Waals surface area (Å²) in [4.78, 5) is 15.9. The molecule has 2 aromatic heterocycles. The van der Waals surface area contributed by atoms with Gasteiger partial charge in [-0.15, -0.1) is 11.3 Å². The van der Waals surface area contributed by atoms with Crippen LogP contribution in [-0.2, 0) is 6.54 Å². The molecule has 2 N–H and O–H groups in total. The molecule has 0 amide bonds. The molecule has 27 heavy (non-hydrogen) atoms. The molecule has 140 valence electrons. The second-order valence-electron chi connectivity index (χ2n) is 7.09. The van der Waals surface area contributed by atoms with E-state index in [2.05, 4.69) is 57.6 Å². The van der Waals surface area contributed by atoms with Gasteiger partial charge in [-0.25, -0.2) is 15.0 Å². The van der Waals surface area contributed by atoms with Crippen LogP contribution >= 0.6 is 11.3 Å². The smallest absolute Gasteiger partial charge is 0.227 e. The standard InChI is InChI=1S/C20H23N5OS/c1-13-7-14(2)9-15(8-13)23-20-21-5-3-18(24-20)19-22-16(12-27-19)10-25-6-4-17(26)11-25/h3,5,7-9,12,17,26H,4,6,10-11H2,1-2H3,(H,21,23,24). The number of aromatic nitrogens is 3. The summed E-state index contributed by atoms with van der Waals surface area (Å²) in [5.74, 6) is 0.567. The molecule has 0 saturated carbocycles. The van der Waals surface area contributed by atoms with Crippen molar-refractivity contribution in [2.24, 2.45) is 0 Å². The van der Waals surface area contributed by atoms with Crippen LogP contribution in [0.1, 0.15) is 23.2 Å². The number of rotatable bonds is 5. The first-order valence-corrected chi connectivity index (χ1v) is 9.97. The molecule has 1 fully saturated rings. The van der Waals surface area contributed by atoms with Crippen LogP contribution in [0.2, 0.25) is 0 Å². The van der Waals surface area contributed by atoms with E-state index in [0.29, 0.717) is 5.95 Å². The van der Waals surface area contributed by atoms with Gasteiger partial charge in [0.25, 0.3) is 0 Å². The number of benzene rings is 1. The molecule has 1 aliphatic rings. The van der Waals surface area contributed by atoms with Crippen molar-refractivity contribution in [3.05, 3.63) is 52.7 Å². The van der Waals surface area contributed by atoms with Crippen LogP contribution in [0, 0.1) is 13.8 Å². The summed E-state index contributed by atoms with van der Waals surface area (Å²) in [5, 5.41) is 15.9. The van der Waals surface area contributed by atoms with Crippen LogP contribution < -0.4 is 5.32 Å². The zero-order valence-electron chi connectivity index (χ0n) is 15.5. The van der Waals surface area contributed by atoms with Crippen molar-refractivity contribution in [1.29, 1.82) is 0 Å². The summed E-state index contributed by atoms with van der Waals surface area (Å²) in [6.07, 6.45) is 2.39. The quantitative estimate of drug-likeness (QED) is 0.704. The van der Waals surface area contributed by atoms with Crippen molar-refractivity contribution in [3.63, 3.8) is 0 Å². The average molecular weight is 382 g/mol. The molecule has 3 heterocycles. The molecule has 0 spiro atoms. The normalized spacial score (nSPS) is 17.4. The SMILES string of the molecule is Cc1cc(C)cc(Nc2nccc(-c3nc(CN4CCC(O)C4)cs3)n2)c1. The Labute approximate surface area is 162 Å². The number of aryl methyl sites for hydroxylation is 2. The van der Waals surface area contributed by atoms with E-state index in [-0.39, 0.29) is 6.10 Å². The maximum absolute atomic E-state index is 9.66. The number of hydrogen-bond acceptors (Lipinski definition) is 7. The minimum Gasteiger partial charge on any atom is -0.392 e. The molecule has 1 aromatic carbocycles. The molecule has 4 rings (SSSR count). The fraction of sp³-hybridized carbons (Fsp3) is 0.350. The van der Waals surface area contributed by atoms with Gasteiger partial charge in [-0.3, -0.25) is 4.90 Å². The molecule has 7 heteroatoms. The topological polar surface area (TPSA) is 74.2 Å². The number of hydrogen-bond donors (Lipinski definition) is 2. The zero-order valence-corrected chi connectivity index (χ0v) is 16.3. The maximum atomic E-state index is 9.66. The Bertz CT molecular complexity index is 921. The minimum absolute atomic E-state index is 0.205. The van der Waals surface area contributed by atoms with Gasteiger partial charge in [-0.05, 0) is 49.6 Å². The molecule has 0 bridgehead atoms. The summed E-state index contributed by atoms with van der Waals surface area (Å²) in [5.41, 5.74) is 5.22. The van der Waals surface area contributed by atoms with Gasteiger partial charge in [0.15, 0.2) is 0 Å². The molecular formula is C20H23N5OS. The number of β-amino-alcohol motifs (C(OH)–C–C–N with tert-alkyl or cyclic N) is 1. The van der Waals surface area contributed by atoms with Crippen molar-refractivity contribution in [3.8, 4) is 10.7 Å². The number of nitrogens with zero attached hydrogens (tertiary/aromatic N) is 4. The first kappa shape index (κ1) is 18.0. The highest BCUT2D eigenvalue weighted by Crippen LogP contribution is 2.25. The molecule has 0 radical (unpaired) electrons. The number of aliphatic hydroxyl groups is 1. The van der Waals surface area contributed by atoms with Gasteiger partial charge in [0.1, 0.15) is 10.7 Å². The number of nitrogens with one attached hydrogen (secondary N) is 1. The Balaban J connectivity index is 1.49. The van der Waals surface area contributed by atoms with E-state index in [1.807, 2.05) is 6.07 Å². The second-order valence-corrected chi connectivity index (χ2v) is 7.95. The fourth-order valence-corrected chi connectivity index (χ4v) is 4.18. The Morgan fingerprint density at radius 2 is 2.04 bits per heavy atom. The fourth-order valence-electron chi connectivity index (χ4n) is 3.40. The van der Waals surface area contributed by atoms with Crippen LogP contribution in [0.15, 0.2) is 35.8 Å². The molecule has 1 unspecified atom stereocenters. The lowest BCUT2D eigenvalue weighted by atomic mass is 10.1. The van der Waals surface area contributed by atoms with Gasteiger partial charge in [0, 0.05) is 36.9 Å². The Morgan fingerprint density at radius 1 is 1.22 bits per heavy atom. The third-order valence-corrected chi connectivity index (χ3v) is 5.45. The molecule has 0 aliphatic carbocycles. The third-order valence-electron chi connectivity index (χ3n) is 4.54. The van der Waals surface area contributed by atoms with Gasteiger partial charge >= 0.3 is 0 Å². The number of likely N-dealkylation sites (tertiary alicyclic amines) is 1. The van der Waals surface area contributed by atoms with Crippen molar-refractivity contribution in [2.75, 3.05) is 18.4 Å². The van der Waals surface area contributed by atoms with Crippen molar-refractivity contribution in [1.82, 2.24) is 19.9 Å². The summed E-state index contributed by atoms with van der Waals surface area (Å²) in [6, 6.07) is 8.18. The highest BCUT2D eigenvalue weighted by Gasteiger charge is 2.21. The van der Waals surface area contributed by atoms with Crippen LogP contribution in [-0.4, -0.2) is 44.2 Å². The van der Waals surface area contributed by atoms with Crippen molar-refractivity contribution < 1.29 is 5.11 Å². The highest BCUT2D eigenvalue weighted by atomic mass is 32.1. The van der Waals surface area contributed by atoms with E-state index >= 15 is 0 Å². The molecule has 1 saturated heterocycles. The average Bonchev–Trinajstić information content (AvgIpc) is 3.24. The Hall–Kier alpha value is -2.35. The Kier molecular flexibility index (Phi) is 5.15. The van der Waals surface area contributed by atoms with Gasteiger partial charge in [0.05, 0.1) is 11.8 Å². The molecule has 1 aliphatic heterocycles. The number of thiazole rings is 1. The number of aliphatic hydroxyl groups excluding tert-OH is 1. The number of anilines is 2. The molecular weight excluding hydrogens is 358 g/mol. The van der Waals surface area contributed by atoms with Crippen molar-refractivity contribution in [2.45, 2.75) is 32.9 Å².